The fourth-order valence-electron chi connectivity index (χ4n) is 2.61. The van der Waals surface area contributed by atoms with Crippen molar-refractivity contribution in [2.75, 3.05) is 44.7 Å². The number of oxazole rings is 1. The molecule has 1 saturated heterocycles. The molecule has 1 aliphatic rings. The van der Waals surface area contributed by atoms with Crippen LogP contribution < -0.4 is 10.1 Å². The molecule has 2 heterocycles. The highest BCUT2D eigenvalue weighted by atomic mass is 16.5. The highest BCUT2D eigenvalue weighted by Crippen LogP contribution is 2.18. The molecule has 1 fully saturated rings. The maximum Gasteiger partial charge on any atom is 0.236 e. The van der Waals surface area contributed by atoms with Crippen LogP contribution in [-0.4, -0.2) is 49.3 Å². The number of nitrogens with zero attached hydrogens (tertiary/aromatic N) is 3. The Labute approximate surface area is 147 Å². The molecule has 7 heteroatoms. The first-order valence-electron chi connectivity index (χ1n) is 8.47. The van der Waals surface area contributed by atoms with E-state index < -0.39 is 0 Å². The predicted octanol–water partition coefficient (Wildman–Crippen LogP) is 2.26. The summed E-state index contributed by atoms with van der Waals surface area (Å²) in [6.07, 6.45) is 0.960. The summed E-state index contributed by atoms with van der Waals surface area (Å²) in [4.78, 5) is 6.54. The normalized spacial score (nSPS) is 14.8. The van der Waals surface area contributed by atoms with Crippen molar-refractivity contribution in [2.24, 2.45) is 0 Å². The summed E-state index contributed by atoms with van der Waals surface area (Å²) in [5.41, 5.74) is 0.262. The summed E-state index contributed by atoms with van der Waals surface area (Å²) in [6, 6.07) is 11.5. The molecule has 7 nitrogen and oxygen atoms in total. The van der Waals surface area contributed by atoms with Crippen LogP contribution in [0.5, 0.6) is 5.75 Å². The zero-order chi connectivity index (χ0) is 17.3. The lowest BCUT2D eigenvalue weighted by atomic mass is 10.3. The van der Waals surface area contributed by atoms with Crippen LogP contribution in [0.1, 0.15) is 18.0 Å². The number of nitrogens with one attached hydrogen (secondary N) is 1. The lowest BCUT2D eigenvalue weighted by Crippen LogP contribution is -2.37. The molecule has 0 aliphatic carbocycles. The zero-order valence-electron chi connectivity index (χ0n) is 14.1. The van der Waals surface area contributed by atoms with E-state index in [0.717, 1.165) is 51.6 Å². The number of anilines is 1. The number of ether oxygens (including phenoxy) is 2. The average Bonchev–Trinajstić information content (AvgIpc) is 3.07. The highest BCUT2D eigenvalue weighted by Gasteiger charge is 2.14. The topological polar surface area (TPSA) is 83.5 Å². The molecular weight excluding hydrogens is 320 g/mol. The third-order valence-electron chi connectivity index (χ3n) is 3.92. The first kappa shape index (κ1) is 17.3. The van der Waals surface area contributed by atoms with E-state index >= 15 is 0 Å². The van der Waals surface area contributed by atoms with Gasteiger partial charge in [-0.3, -0.25) is 4.90 Å². The van der Waals surface area contributed by atoms with Crippen LogP contribution >= 0.6 is 0 Å². The second kappa shape index (κ2) is 9.06. The Hall–Kier alpha value is -2.56. The lowest BCUT2D eigenvalue weighted by Gasteiger charge is -2.26. The van der Waals surface area contributed by atoms with Gasteiger partial charge in [0.15, 0.2) is 6.61 Å². The van der Waals surface area contributed by atoms with Gasteiger partial charge in [0.2, 0.25) is 17.5 Å². The molecule has 2 aromatic rings. The van der Waals surface area contributed by atoms with E-state index in [1.807, 2.05) is 30.3 Å². The third-order valence-corrected chi connectivity index (χ3v) is 3.92. The number of benzene rings is 1. The highest BCUT2D eigenvalue weighted by molar-refractivity contribution is 5.45. The molecule has 0 bridgehead atoms. The molecule has 1 aromatic heterocycles. The summed E-state index contributed by atoms with van der Waals surface area (Å²) in [6.45, 7) is 5.47. The van der Waals surface area contributed by atoms with Crippen LogP contribution in [0.15, 0.2) is 34.7 Å². The number of nitriles is 1. The molecule has 0 spiro atoms. The number of para-hydroxylation sites is 1. The molecule has 1 aliphatic heterocycles. The molecule has 132 valence electrons. The number of aromatic nitrogens is 1. The van der Waals surface area contributed by atoms with Crippen molar-refractivity contribution in [3.8, 4) is 11.8 Å². The zero-order valence-corrected chi connectivity index (χ0v) is 14.1. The molecule has 25 heavy (non-hydrogen) atoms. The molecular formula is C18H22N4O3. The van der Waals surface area contributed by atoms with Crippen LogP contribution in [-0.2, 0) is 11.3 Å². The van der Waals surface area contributed by atoms with E-state index in [-0.39, 0.29) is 12.3 Å². The Morgan fingerprint density at radius 2 is 2.04 bits per heavy atom. The average molecular weight is 342 g/mol. The van der Waals surface area contributed by atoms with Crippen LogP contribution in [0.3, 0.4) is 0 Å². The summed E-state index contributed by atoms with van der Waals surface area (Å²) < 4.78 is 16.5. The Bertz CT molecular complexity index is 690. The van der Waals surface area contributed by atoms with Crippen molar-refractivity contribution in [3.63, 3.8) is 0 Å². The molecule has 3 rings (SSSR count). The van der Waals surface area contributed by atoms with Crippen LogP contribution in [0.4, 0.5) is 5.88 Å². The summed E-state index contributed by atoms with van der Waals surface area (Å²) in [7, 11) is 0. The van der Waals surface area contributed by atoms with Gasteiger partial charge in [0.1, 0.15) is 11.8 Å². The van der Waals surface area contributed by atoms with Gasteiger partial charge in [0.05, 0.1) is 13.2 Å². The van der Waals surface area contributed by atoms with Crippen molar-refractivity contribution in [3.05, 3.63) is 41.9 Å². The monoisotopic (exact) mass is 342 g/mol. The van der Waals surface area contributed by atoms with E-state index in [4.69, 9.17) is 13.9 Å². The van der Waals surface area contributed by atoms with Gasteiger partial charge in [0, 0.05) is 19.6 Å². The second-order valence-electron chi connectivity index (χ2n) is 5.73. The summed E-state index contributed by atoms with van der Waals surface area (Å²) in [5, 5.41) is 12.4. The van der Waals surface area contributed by atoms with Crippen molar-refractivity contribution in [2.45, 2.75) is 13.0 Å². The van der Waals surface area contributed by atoms with Gasteiger partial charge in [-0.25, -0.2) is 0 Å². The minimum Gasteiger partial charge on any atom is -0.484 e. The summed E-state index contributed by atoms with van der Waals surface area (Å²) in [5.74, 6) is 1.53. The molecule has 0 saturated carbocycles. The van der Waals surface area contributed by atoms with E-state index in [1.165, 1.54) is 0 Å². The maximum absolute atomic E-state index is 9.20. The van der Waals surface area contributed by atoms with E-state index in [2.05, 4.69) is 21.3 Å². The Kier molecular flexibility index (Phi) is 6.26. The molecule has 1 N–H and O–H groups in total. The minimum absolute atomic E-state index is 0.189. The van der Waals surface area contributed by atoms with Crippen molar-refractivity contribution >= 4 is 5.88 Å². The Morgan fingerprint density at radius 1 is 1.24 bits per heavy atom. The van der Waals surface area contributed by atoms with E-state index in [9.17, 15) is 5.26 Å². The molecule has 0 atom stereocenters. The lowest BCUT2D eigenvalue weighted by molar-refractivity contribution is 0.0378. The number of morpholine rings is 1. The summed E-state index contributed by atoms with van der Waals surface area (Å²) >= 11 is 0. The quantitative estimate of drug-likeness (QED) is 0.737. The predicted molar refractivity (Wildman–Crippen MR) is 92.4 cm³/mol. The first-order chi connectivity index (χ1) is 12.3. The smallest absolute Gasteiger partial charge is 0.236 e. The fourth-order valence-corrected chi connectivity index (χ4v) is 2.61. The largest absolute Gasteiger partial charge is 0.484 e. The van der Waals surface area contributed by atoms with Crippen LogP contribution in [0.25, 0.3) is 0 Å². The van der Waals surface area contributed by atoms with Gasteiger partial charge in [-0.05, 0) is 25.1 Å². The number of hydrogen-bond acceptors (Lipinski definition) is 7. The Morgan fingerprint density at radius 3 is 2.80 bits per heavy atom. The molecule has 0 unspecified atom stereocenters. The maximum atomic E-state index is 9.20. The Balaban J connectivity index is 1.46. The number of hydrogen-bond donors (Lipinski definition) is 1. The van der Waals surface area contributed by atoms with Gasteiger partial charge in [-0.1, -0.05) is 18.2 Å². The molecule has 1 aromatic carbocycles. The van der Waals surface area contributed by atoms with Gasteiger partial charge in [-0.2, -0.15) is 10.2 Å². The van der Waals surface area contributed by atoms with Gasteiger partial charge < -0.3 is 19.2 Å². The molecule has 0 amide bonds. The van der Waals surface area contributed by atoms with Gasteiger partial charge >= 0.3 is 0 Å². The van der Waals surface area contributed by atoms with Gasteiger partial charge in [0.25, 0.3) is 0 Å². The third kappa shape index (κ3) is 5.21. The van der Waals surface area contributed by atoms with Crippen molar-refractivity contribution in [1.82, 2.24) is 9.88 Å². The van der Waals surface area contributed by atoms with Crippen molar-refractivity contribution < 1.29 is 13.9 Å². The molecule has 0 radical (unpaired) electrons. The standard InChI is InChI=1S/C18H22N4O3/c19-13-16-18(20-7-4-8-22-9-11-23-12-10-22)25-17(21-16)14-24-15-5-2-1-3-6-15/h1-3,5-6,20H,4,7-12,14H2. The fraction of sp³-hybridized carbons (Fsp3) is 0.444. The van der Waals surface area contributed by atoms with Crippen LogP contribution in [0, 0.1) is 11.3 Å². The van der Waals surface area contributed by atoms with Crippen molar-refractivity contribution in [1.29, 1.82) is 5.26 Å². The van der Waals surface area contributed by atoms with Gasteiger partial charge in [-0.15, -0.1) is 0 Å². The van der Waals surface area contributed by atoms with Crippen LogP contribution in [0.2, 0.25) is 0 Å². The number of rotatable bonds is 8. The second-order valence-corrected chi connectivity index (χ2v) is 5.73. The van der Waals surface area contributed by atoms with E-state index in [0.29, 0.717) is 11.8 Å². The van der Waals surface area contributed by atoms with E-state index in [1.54, 1.807) is 0 Å². The minimum atomic E-state index is 0.189. The SMILES string of the molecule is N#Cc1nc(COc2ccccc2)oc1NCCCN1CCOCC1. The first-order valence-corrected chi connectivity index (χ1v) is 8.47.